The SMILES string of the molecule is COC(=O)C(N)CNC(=O)c1ccc2cccc(-c3cccc4ccccc34)c2n1. The zero-order chi connectivity index (χ0) is 21.1. The summed E-state index contributed by atoms with van der Waals surface area (Å²) in [6.07, 6.45) is 0. The zero-order valence-electron chi connectivity index (χ0n) is 16.5. The van der Waals surface area contributed by atoms with Gasteiger partial charge in [-0.25, -0.2) is 4.98 Å². The van der Waals surface area contributed by atoms with E-state index in [9.17, 15) is 9.59 Å². The molecule has 0 aliphatic heterocycles. The molecule has 6 nitrogen and oxygen atoms in total. The molecule has 1 aromatic heterocycles. The molecule has 0 fully saturated rings. The summed E-state index contributed by atoms with van der Waals surface area (Å²) in [6, 6.07) is 22.9. The quantitative estimate of drug-likeness (QED) is 0.502. The van der Waals surface area contributed by atoms with Gasteiger partial charge in [0.05, 0.1) is 12.6 Å². The summed E-state index contributed by atoms with van der Waals surface area (Å²) in [5, 5.41) is 5.83. The first-order chi connectivity index (χ1) is 14.6. The Labute approximate surface area is 173 Å². The van der Waals surface area contributed by atoms with E-state index in [0.717, 1.165) is 32.8 Å². The number of carbonyl (C=O) groups excluding carboxylic acids is 2. The van der Waals surface area contributed by atoms with Crippen LogP contribution in [0.1, 0.15) is 10.5 Å². The van der Waals surface area contributed by atoms with Crippen LogP contribution >= 0.6 is 0 Å². The monoisotopic (exact) mass is 399 g/mol. The van der Waals surface area contributed by atoms with Crippen molar-refractivity contribution in [1.29, 1.82) is 0 Å². The lowest BCUT2D eigenvalue weighted by Gasteiger charge is -2.12. The van der Waals surface area contributed by atoms with Crippen molar-refractivity contribution in [2.45, 2.75) is 6.04 Å². The summed E-state index contributed by atoms with van der Waals surface area (Å²) in [5.41, 5.74) is 8.68. The lowest BCUT2D eigenvalue weighted by molar-refractivity contribution is -0.141. The second-order valence-electron chi connectivity index (χ2n) is 6.94. The highest BCUT2D eigenvalue weighted by Crippen LogP contribution is 2.33. The van der Waals surface area contributed by atoms with Gasteiger partial charge in [0.2, 0.25) is 0 Å². The Morgan fingerprint density at radius 2 is 1.63 bits per heavy atom. The molecule has 0 aliphatic carbocycles. The molecule has 0 spiro atoms. The molecule has 0 radical (unpaired) electrons. The third-order valence-corrected chi connectivity index (χ3v) is 5.02. The smallest absolute Gasteiger partial charge is 0.324 e. The maximum Gasteiger partial charge on any atom is 0.324 e. The van der Waals surface area contributed by atoms with Crippen LogP contribution in [0.2, 0.25) is 0 Å². The molecule has 0 aliphatic rings. The predicted octanol–water partition coefficient (Wildman–Crippen LogP) is 3.29. The molecule has 4 rings (SSSR count). The number of ether oxygens (including phenoxy) is 1. The van der Waals surface area contributed by atoms with Crippen molar-refractivity contribution in [3.63, 3.8) is 0 Å². The number of fused-ring (bicyclic) bond motifs is 2. The number of esters is 1. The van der Waals surface area contributed by atoms with E-state index in [1.54, 1.807) is 6.07 Å². The van der Waals surface area contributed by atoms with E-state index in [0.29, 0.717) is 0 Å². The molecular weight excluding hydrogens is 378 g/mol. The van der Waals surface area contributed by atoms with Gasteiger partial charge in [-0.2, -0.15) is 0 Å². The Morgan fingerprint density at radius 3 is 2.43 bits per heavy atom. The number of rotatable bonds is 5. The number of amides is 1. The number of para-hydroxylation sites is 1. The van der Waals surface area contributed by atoms with Gasteiger partial charge >= 0.3 is 5.97 Å². The summed E-state index contributed by atoms with van der Waals surface area (Å²) >= 11 is 0. The van der Waals surface area contributed by atoms with Crippen molar-refractivity contribution in [3.8, 4) is 11.1 Å². The van der Waals surface area contributed by atoms with Crippen molar-refractivity contribution in [3.05, 3.63) is 78.5 Å². The number of hydrogen-bond donors (Lipinski definition) is 2. The number of carbonyl (C=O) groups is 2. The molecule has 1 atom stereocenters. The molecule has 1 unspecified atom stereocenters. The van der Waals surface area contributed by atoms with Gasteiger partial charge in [-0.15, -0.1) is 0 Å². The summed E-state index contributed by atoms with van der Waals surface area (Å²) in [7, 11) is 1.25. The van der Waals surface area contributed by atoms with Crippen molar-refractivity contribution >= 4 is 33.6 Å². The molecule has 4 aromatic rings. The van der Waals surface area contributed by atoms with Crippen molar-refractivity contribution < 1.29 is 14.3 Å². The number of aromatic nitrogens is 1. The van der Waals surface area contributed by atoms with Crippen LogP contribution < -0.4 is 11.1 Å². The number of nitrogens with two attached hydrogens (primary N) is 1. The first-order valence-corrected chi connectivity index (χ1v) is 9.58. The number of nitrogens with zero attached hydrogens (tertiary/aromatic N) is 1. The van der Waals surface area contributed by atoms with E-state index in [-0.39, 0.29) is 12.2 Å². The fraction of sp³-hybridized carbons (Fsp3) is 0.125. The van der Waals surface area contributed by atoms with Gasteiger partial charge in [0.1, 0.15) is 11.7 Å². The summed E-state index contributed by atoms with van der Waals surface area (Å²) in [5.74, 6) is -0.982. The molecule has 30 heavy (non-hydrogen) atoms. The summed E-state index contributed by atoms with van der Waals surface area (Å²) in [4.78, 5) is 28.6. The summed E-state index contributed by atoms with van der Waals surface area (Å²) < 4.78 is 4.58. The molecule has 1 amide bonds. The topological polar surface area (TPSA) is 94.3 Å². The van der Waals surface area contributed by atoms with Gasteiger partial charge in [0, 0.05) is 17.5 Å². The van der Waals surface area contributed by atoms with E-state index in [1.165, 1.54) is 7.11 Å². The Kier molecular flexibility index (Phi) is 5.41. The van der Waals surface area contributed by atoms with Crippen LogP contribution in [0.25, 0.3) is 32.8 Å². The van der Waals surface area contributed by atoms with Crippen LogP contribution in [0.4, 0.5) is 0 Å². The first-order valence-electron chi connectivity index (χ1n) is 9.58. The molecular formula is C24H21N3O3. The fourth-order valence-electron chi connectivity index (χ4n) is 3.48. The first kappa shape index (κ1) is 19.5. The average Bonchev–Trinajstić information content (AvgIpc) is 2.80. The fourth-order valence-corrected chi connectivity index (χ4v) is 3.48. The highest BCUT2D eigenvalue weighted by Gasteiger charge is 2.17. The molecule has 0 bridgehead atoms. The highest BCUT2D eigenvalue weighted by atomic mass is 16.5. The van der Waals surface area contributed by atoms with E-state index in [4.69, 9.17) is 5.73 Å². The molecule has 6 heteroatoms. The van der Waals surface area contributed by atoms with Gasteiger partial charge in [0.25, 0.3) is 5.91 Å². The van der Waals surface area contributed by atoms with Crippen molar-refractivity contribution in [1.82, 2.24) is 10.3 Å². The molecule has 3 aromatic carbocycles. The minimum atomic E-state index is -0.925. The van der Waals surface area contributed by atoms with Gasteiger partial charge in [-0.3, -0.25) is 9.59 Å². The molecule has 150 valence electrons. The molecule has 0 saturated heterocycles. The van der Waals surface area contributed by atoms with Crippen LogP contribution in [0, 0.1) is 0 Å². The molecule has 3 N–H and O–H groups in total. The Bertz CT molecular complexity index is 1250. The van der Waals surface area contributed by atoms with E-state index in [2.05, 4.69) is 39.3 Å². The van der Waals surface area contributed by atoms with E-state index < -0.39 is 17.9 Å². The minimum absolute atomic E-state index is 0.0316. The predicted molar refractivity (Wildman–Crippen MR) is 117 cm³/mol. The Hall–Kier alpha value is -3.77. The van der Waals surface area contributed by atoms with Crippen LogP contribution in [0.3, 0.4) is 0 Å². The number of pyridine rings is 1. The van der Waals surface area contributed by atoms with E-state index in [1.807, 2.05) is 42.5 Å². The standard InChI is InChI=1S/C24H21N3O3/c1-30-24(29)20(25)14-26-23(28)21-13-12-16-8-5-11-19(22(16)27-21)18-10-4-7-15-6-2-3-9-17(15)18/h2-13,20H,14,25H2,1H3,(H,26,28). The third-order valence-electron chi connectivity index (χ3n) is 5.02. The van der Waals surface area contributed by atoms with Crippen LogP contribution in [0.15, 0.2) is 72.8 Å². The normalized spacial score (nSPS) is 11.9. The maximum absolute atomic E-state index is 12.6. The largest absolute Gasteiger partial charge is 0.468 e. The Balaban J connectivity index is 1.73. The van der Waals surface area contributed by atoms with Crippen LogP contribution in [-0.4, -0.2) is 36.6 Å². The van der Waals surface area contributed by atoms with Crippen molar-refractivity contribution in [2.75, 3.05) is 13.7 Å². The zero-order valence-corrected chi connectivity index (χ0v) is 16.5. The molecule has 1 heterocycles. The van der Waals surface area contributed by atoms with Gasteiger partial charge in [-0.1, -0.05) is 66.7 Å². The minimum Gasteiger partial charge on any atom is -0.468 e. The number of nitrogens with one attached hydrogen (secondary N) is 1. The second kappa shape index (κ2) is 8.31. The number of benzene rings is 3. The van der Waals surface area contributed by atoms with Crippen LogP contribution in [0.5, 0.6) is 0 Å². The highest BCUT2D eigenvalue weighted by molar-refractivity contribution is 6.05. The number of hydrogen-bond acceptors (Lipinski definition) is 5. The van der Waals surface area contributed by atoms with Crippen LogP contribution in [-0.2, 0) is 9.53 Å². The lowest BCUT2D eigenvalue weighted by atomic mass is 9.96. The Morgan fingerprint density at radius 1 is 0.933 bits per heavy atom. The maximum atomic E-state index is 12.6. The second-order valence-corrected chi connectivity index (χ2v) is 6.94. The lowest BCUT2D eigenvalue weighted by Crippen LogP contribution is -2.43. The number of methoxy groups -OCH3 is 1. The van der Waals surface area contributed by atoms with Crippen molar-refractivity contribution in [2.24, 2.45) is 5.73 Å². The van der Waals surface area contributed by atoms with Gasteiger partial charge in [0.15, 0.2) is 0 Å². The average molecular weight is 399 g/mol. The molecule has 0 saturated carbocycles. The van der Waals surface area contributed by atoms with Gasteiger partial charge in [-0.05, 0) is 22.4 Å². The van der Waals surface area contributed by atoms with Gasteiger partial charge < -0.3 is 15.8 Å². The van der Waals surface area contributed by atoms with E-state index >= 15 is 0 Å². The third kappa shape index (κ3) is 3.73. The summed E-state index contributed by atoms with van der Waals surface area (Å²) in [6.45, 7) is -0.0316.